The fourth-order valence-corrected chi connectivity index (χ4v) is 4.74. The molecule has 0 aliphatic rings. The van der Waals surface area contributed by atoms with Gasteiger partial charge in [-0.15, -0.1) is 21.5 Å². The van der Waals surface area contributed by atoms with E-state index in [2.05, 4.69) is 19.9 Å². The summed E-state index contributed by atoms with van der Waals surface area (Å²) in [6.45, 7) is 1.89. The fraction of sp³-hybridized carbons (Fsp3) is 0.105. The topological polar surface area (TPSA) is 94.1 Å². The Hall–Kier alpha value is -3.04. The molecule has 0 amide bonds. The van der Waals surface area contributed by atoms with Gasteiger partial charge in [0.25, 0.3) is 10.0 Å². The number of fused-ring (bicyclic) bond motifs is 1. The van der Waals surface area contributed by atoms with E-state index in [0.717, 1.165) is 20.8 Å². The third-order valence-corrected chi connectivity index (χ3v) is 6.35. The smallest absolute Gasteiger partial charge is 0.261 e. The van der Waals surface area contributed by atoms with Crippen molar-refractivity contribution in [3.05, 3.63) is 59.6 Å². The van der Waals surface area contributed by atoms with Crippen molar-refractivity contribution < 1.29 is 13.2 Å². The van der Waals surface area contributed by atoms with Crippen molar-refractivity contribution in [2.75, 3.05) is 11.8 Å². The van der Waals surface area contributed by atoms with E-state index in [1.54, 1.807) is 48.5 Å². The Balaban J connectivity index is 1.63. The van der Waals surface area contributed by atoms with Gasteiger partial charge < -0.3 is 4.74 Å². The van der Waals surface area contributed by atoms with Gasteiger partial charge in [-0.3, -0.25) is 4.72 Å². The van der Waals surface area contributed by atoms with Crippen molar-refractivity contribution in [1.82, 2.24) is 15.2 Å². The highest BCUT2D eigenvalue weighted by Crippen LogP contribution is 2.27. The third kappa shape index (κ3) is 3.67. The highest BCUT2D eigenvalue weighted by molar-refractivity contribution is 7.92. The monoisotopic (exact) mass is 412 g/mol. The van der Waals surface area contributed by atoms with Gasteiger partial charge in [0.1, 0.15) is 0 Å². The van der Waals surface area contributed by atoms with E-state index in [9.17, 15) is 8.42 Å². The number of aryl methyl sites for hydroxylation is 1. The molecule has 0 unspecified atom stereocenters. The van der Waals surface area contributed by atoms with E-state index in [0.29, 0.717) is 17.3 Å². The summed E-state index contributed by atoms with van der Waals surface area (Å²) in [4.78, 5) is 4.55. The van der Waals surface area contributed by atoms with Crippen LogP contribution in [-0.4, -0.2) is 30.7 Å². The predicted molar refractivity (Wildman–Crippen MR) is 109 cm³/mol. The zero-order valence-electron chi connectivity index (χ0n) is 15.1. The molecule has 0 bridgehead atoms. The number of hydrogen-bond donors (Lipinski definition) is 1. The number of thiazole rings is 1. The van der Waals surface area contributed by atoms with Gasteiger partial charge in [-0.1, -0.05) is 12.1 Å². The summed E-state index contributed by atoms with van der Waals surface area (Å²) in [6, 6.07) is 15.4. The molecule has 0 saturated carbocycles. The molecule has 7 nitrogen and oxygen atoms in total. The molecule has 2 heterocycles. The van der Waals surface area contributed by atoms with Crippen LogP contribution in [0.5, 0.6) is 5.88 Å². The van der Waals surface area contributed by atoms with E-state index in [1.807, 2.05) is 13.0 Å². The van der Waals surface area contributed by atoms with Crippen molar-refractivity contribution >= 4 is 37.3 Å². The molecule has 0 radical (unpaired) electrons. The molecule has 4 rings (SSSR count). The molecule has 9 heteroatoms. The fourth-order valence-electron chi connectivity index (χ4n) is 2.73. The second-order valence-electron chi connectivity index (χ2n) is 6.01. The van der Waals surface area contributed by atoms with Crippen LogP contribution < -0.4 is 9.46 Å². The number of hydrogen-bond acceptors (Lipinski definition) is 7. The first-order valence-corrected chi connectivity index (χ1v) is 10.6. The third-order valence-electron chi connectivity index (χ3n) is 4.04. The van der Waals surface area contributed by atoms with Crippen LogP contribution in [0.1, 0.15) is 5.01 Å². The van der Waals surface area contributed by atoms with Gasteiger partial charge >= 0.3 is 0 Å². The maximum atomic E-state index is 12.8. The Kier molecular flexibility index (Phi) is 4.70. The number of sulfonamides is 1. The summed E-state index contributed by atoms with van der Waals surface area (Å²) in [5.41, 5.74) is 2.59. The summed E-state index contributed by atoms with van der Waals surface area (Å²) < 4.78 is 34.1. The van der Waals surface area contributed by atoms with Crippen LogP contribution in [0, 0.1) is 6.92 Å². The molecule has 1 N–H and O–H groups in total. The number of nitrogens with one attached hydrogen (secondary N) is 1. The zero-order chi connectivity index (χ0) is 19.7. The van der Waals surface area contributed by atoms with Gasteiger partial charge in [0, 0.05) is 17.3 Å². The van der Waals surface area contributed by atoms with Crippen molar-refractivity contribution in [1.29, 1.82) is 0 Å². The van der Waals surface area contributed by atoms with E-state index < -0.39 is 10.0 Å². The molecule has 4 aromatic rings. The molecule has 28 heavy (non-hydrogen) atoms. The van der Waals surface area contributed by atoms with Crippen LogP contribution >= 0.6 is 11.3 Å². The second-order valence-corrected chi connectivity index (χ2v) is 8.93. The number of benzene rings is 2. The first-order chi connectivity index (χ1) is 13.4. The van der Waals surface area contributed by atoms with Gasteiger partial charge in [-0.05, 0) is 43.3 Å². The lowest BCUT2D eigenvalue weighted by atomic mass is 10.1. The number of methoxy groups -OCH3 is 1. The molecular formula is C19H16N4O3S2. The van der Waals surface area contributed by atoms with Crippen LogP contribution in [0.3, 0.4) is 0 Å². The predicted octanol–water partition coefficient (Wildman–Crippen LogP) is 3.87. The van der Waals surface area contributed by atoms with Gasteiger partial charge in [0.05, 0.1) is 32.9 Å². The maximum Gasteiger partial charge on any atom is 0.261 e. The second kappa shape index (κ2) is 7.17. The summed E-state index contributed by atoms with van der Waals surface area (Å²) >= 11 is 1.46. The summed E-state index contributed by atoms with van der Waals surface area (Å²) in [7, 11) is -2.21. The Labute approximate surface area is 166 Å². The highest BCUT2D eigenvalue weighted by atomic mass is 32.2. The standard InChI is InChI=1S/C19H16N4O3S2/c1-12-20-17-7-6-15(11-18(17)27-12)28(24,25)23-14-5-3-4-13(10-14)16-8-9-19(26-2)22-21-16/h3-11,23H,1-2H3. The van der Waals surface area contributed by atoms with Crippen LogP contribution in [-0.2, 0) is 10.0 Å². The van der Waals surface area contributed by atoms with Crippen molar-refractivity contribution in [3.63, 3.8) is 0 Å². The highest BCUT2D eigenvalue weighted by Gasteiger charge is 2.16. The average Bonchev–Trinajstić information content (AvgIpc) is 3.07. The van der Waals surface area contributed by atoms with Crippen LogP contribution in [0.15, 0.2) is 59.5 Å². The van der Waals surface area contributed by atoms with Gasteiger partial charge in [0.15, 0.2) is 0 Å². The molecule has 2 aromatic heterocycles. The molecule has 0 fully saturated rings. The lowest BCUT2D eigenvalue weighted by Gasteiger charge is -2.09. The molecule has 2 aromatic carbocycles. The zero-order valence-corrected chi connectivity index (χ0v) is 16.7. The SMILES string of the molecule is COc1ccc(-c2cccc(NS(=O)(=O)c3ccc4nc(C)sc4c3)c2)nn1. The Bertz CT molecular complexity index is 1250. The lowest BCUT2D eigenvalue weighted by Crippen LogP contribution is -2.12. The van der Waals surface area contributed by atoms with Crippen molar-refractivity contribution in [2.45, 2.75) is 11.8 Å². The maximum absolute atomic E-state index is 12.8. The summed E-state index contributed by atoms with van der Waals surface area (Å²) in [5.74, 6) is 0.411. The van der Waals surface area contributed by atoms with Crippen LogP contribution in [0.25, 0.3) is 21.5 Å². The first-order valence-electron chi connectivity index (χ1n) is 8.33. The largest absolute Gasteiger partial charge is 0.480 e. The number of nitrogens with zero attached hydrogens (tertiary/aromatic N) is 3. The number of ether oxygens (including phenoxy) is 1. The molecule has 0 aliphatic carbocycles. The summed E-state index contributed by atoms with van der Waals surface area (Å²) in [6.07, 6.45) is 0. The lowest BCUT2D eigenvalue weighted by molar-refractivity contribution is 0.392. The number of rotatable bonds is 5. The minimum absolute atomic E-state index is 0.193. The van der Waals surface area contributed by atoms with E-state index in [1.165, 1.54) is 18.4 Å². The Morgan fingerprint density at radius 1 is 1.04 bits per heavy atom. The molecule has 0 aliphatic heterocycles. The van der Waals surface area contributed by atoms with E-state index in [4.69, 9.17) is 4.74 Å². The van der Waals surface area contributed by atoms with Crippen molar-refractivity contribution in [2.24, 2.45) is 0 Å². The molecular weight excluding hydrogens is 396 g/mol. The van der Waals surface area contributed by atoms with Gasteiger partial charge in [-0.25, -0.2) is 13.4 Å². The Morgan fingerprint density at radius 2 is 1.89 bits per heavy atom. The number of aromatic nitrogens is 3. The first kappa shape index (κ1) is 18.3. The minimum atomic E-state index is -3.73. The van der Waals surface area contributed by atoms with Crippen LogP contribution in [0.4, 0.5) is 5.69 Å². The summed E-state index contributed by atoms with van der Waals surface area (Å²) in [5, 5.41) is 8.93. The van der Waals surface area contributed by atoms with E-state index in [-0.39, 0.29) is 4.90 Å². The minimum Gasteiger partial charge on any atom is -0.480 e. The van der Waals surface area contributed by atoms with Crippen molar-refractivity contribution in [3.8, 4) is 17.1 Å². The number of anilines is 1. The molecule has 0 atom stereocenters. The van der Waals surface area contributed by atoms with Gasteiger partial charge in [0.2, 0.25) is 5.88 Å². The normalized spacial score (nSPS) is 11.5. The average molecular weight is 412 g/mol. The molecule has 0 spiro atoms. The molecule has 0 saturated heterocycles. The van der Waals surface area contributed by atoms with Gasteiger partial charge in [-0.2, -0.15) is 0 Å². The molecule has 142 valence electrons. The Morgan fingerprint density at radius 3 is 2.64 bits per heavy atom. The quantitative estimate of drug-likeness (QED) is 0.535. The van der Waals surface area contributed by atoms with Crippen LogP contribution in [0.2, 0.25) is 0 Å². The van der Waals surface area contributed by atoms with E-state index >= 15 is 0 Å².